The van der Waals surface area contributed by atoms with Crippen LogP contribution in [-0.4, -0.2) is 36.7 Å². The molecule has 0 saturated carbocycles. The molecule has 0 bridgehead atoms. The Labute approximate surface area is 88.1 Å². The Morgan fingerprint density at radius 3 is 3.00 bits per heavy atom. The van der Waals surface area contributed by atoms with Gasteiger partial charge >= 0.3 is 5.97 Å². The number of carbonyl (C=O) groups is 2. The van der Waals surface area contributed by atoms with E-state index in [9.17, 15) is 9.59 Å². The fourth-order valence-corrected chi connectivity index (χ4v) is 1.53. The average molecular weight is 213 g/mol. The molecule has 0 radical (unpaired) electrons. The van der Waals surface area contributed by atoms with E-state index in [4.69, 9.17) is 9.47 Å². The van der Waals surface area contributed by atoms with Crippen LogP contribution in [0.15, 0.2) is 0 Å². The normalized spacial score (nSPS) is 33.7. The first-order chi connectivity index (χ1) is 7.09. The van der Waals surface area contributed by atoms with Gasteiger partial charge in [0, 0.05) is 12.8 Å². The highest BCUT2D eigenvalue weighted by Gasteiger charge is 2.39. The van der Waals surface area contributed by atoms with Crippen molar-refractivity contribution in [1.29, 1.82) is 0 Å². The van der Waals surface area contributed by atoms with Crippen molar-refractivity contribution in [3.05, 3.63) is 0 Å². The van der Waals surface area contributed by atoms with Gasteiger partial charge in [0.15, 0.2) is 0 Å². The zero-order valence-corrected chi connectivity index (χ0v) is 8.75. The summed E-state index contributed by atoms with van der Waals surface area (Å²) >= 11 is 0. The van der Waals surface area contributed by atoms with Crippen molar-refractivity contribution >= 4 is 11.9 Å². The Morgan fingerprint density at radius 2 is 2.47 bits per heavy atom. The van der Waals surface area contributed by atoms with Crippen LogP contribution < -0.4 is 5.32 Å². The molecule has 2 aliphatic heterocycles. The third-order valence-electron chi connectivity index (χ3n) is 2.79. The number of epoxide rings is 1. The van der Waals surface area contributed by atoms with Gasteiger partial charge in [0.1, 0.15) is 6.04 Å². The summed E-state index contributed by atoms with van der Waals surface area (Å²) in [4.78, 5) is 22.3. The molecule has 0 aromatic rings. The predicted octanol–water partition coefficient (Wildman–Crippen LogP) is -0.0128. The number of hydrogen-bond donors (Lipinski definition) is 1. The first-order valence-electron chi connectivity index (χ1n) is 5.19. The molecule has 5 heteroatoms. The van der Waals surface area contributed by atoms with Crippen molar-refractivity contribution in [3.8, 4) is 0 Å². The molecule has 15 heavy (non-hydrogen) atoms. The van der Waals surface area contributed by atoms with Gasteiger partial charge < -0.3 is 14.8 Å². The number of amides is 1. The maximum atomic E-state index is 11.4. The fourth-order valence-electron chi connectivity index (χ4n) is 1.53. The van der Waals surface area contributed by atoms with Crippen LogP contribution in [0, 0.1) is 0 Å². The van der Waals surface area contributed by atoms with E-state index in [-0.39, 0.29) is 17.5 Å². The van der Waals surface area contributed by atoms with Crippen molar-refractivity contribution in [1.82, 2.24) is 5.32 Å². The fraction of sp³-hybridized carbons (Fsp3) is 0.800. The predicted molar refractivity (Wildman–Crippen MR) is 51.1 cm³/mol. The quantitative estimate of drug-likeness (QED) is 0.526. The van der Waals surface area contributed by atoms with Gasteiger partial charge in [-0.05, 0) is 13.3 Å². The Balaban J connectivity index is 1.66. The van der Waals surface area contributed by atoms with Crippen LogP contribution in [0.25, 0.3) is 0 Å². The number of carbonyl (C=O) groups excluding carboxylic acids is 2. The minimum absolute atomic E-state index is 0.0746. The van der Waals surface area contributed by atoms with E-state index in [0.29, 0.717) is 19.4 Å². The summed E-state index contributed by atoms with van der Waals surface area (Å²) in [5, 5.41) is 2.57. The van der Waals surface area contributed by atoms with Crippen molar-refractivity contribution in [2.45, 2.75) is 37.8 Å². The Morgan fingerprint density at radius 1 is 1.73 bits per heavy atom. The minimum atomic E-state index is -0.439. The lowest BCUT2D eigenvalue weighted by molar-refractivity contribution is -0.146. The van der Waals surface area contributed by atoms with E-state index in [2.05, 4.69) is 5.32 Å². The van der Waals surface area contributed by atoms with Gasteiger partial charge in [-0.2, -0.15) is 0 Å². The van der Waals surface area contributed by atoms with E-state index in [0.717, 1.165) is 13.0 Å². The van der Waals surface area contributed by atoms with Gasteiger partial charge in [-0.15, -0.1) is 0 Å². The lowest BCUT2D eigenvalue weighted by Crippen LogP contribution is -2.35. The van der Waals surface area contributed by atoms with Gasteiger partial charge in [0.05, 0.1) is 18.8 Å². The third kappa shape index (κ3) is 2.68. The summed E-state index contributed by atoms with van der Waals surface area (Å²) in [5.41, 5.74) is -0.0841. The topological polar surface area (TPSA) is 67.9 Å². The monoisotopic (exact) mass is 213 g/mol. The molecule has 2 heterocycles. The van der Waals surface area contributed by atoms with Gasteiger partial charge in [0.2, 0.25) is 5.91 Å². The van der Waals surface area contributed by atoms with Crippen LogP contribution in [0.2, 0.25) is 0 Å². The second-order valence-corrected chi connectivity index (χ2v) is 4.31. The first kappa shape index (κ1) is 10.4. The van der Waals surface area contributed by atoms with Crippen LogP contribution in [0.5, 0.6) is 0 Å². The maximum absolute atomic E-state index is 11.4. The Bertz CT molecular complexity index is 285. The molecule has 5 nitrogen and oxygen atoms in total. The second-order valence-electron chi connectivity index (χ2n) is 4.31. The molecular formula is C10H15NO4. The van der Waals surface area contributed by atoms with Crippen LogP contribution >= 0.6 is 0 Å². The summed E-state index contributed by atoms with van der Waals surface area (Å²) in [6.07, 6.45) is 1.69. The van der Waals surface area contributed by atoms with Gasteiger partial charge in [-0.3, -0.25) is 4.79 Å². The van der Waals surface area contributed by atoms with Crippen LogP contribution in [0.4, 0.5) is 0 Å². The molecule has 2 atom stereocenters. The SMILES string of the molecule is CC1(CCOC(=O)[C@@H]2CCC(=O)N2)CO1. The number of ether oxygens (including phenoxy) is 2. The van der Waals surface area contributed by atoms with Gasteiger partial charge in [-0.1, -0.05) is 0 Å². The third-order valence-corrected chi connectivity index (χ3v) is 2.79. The van der Waals surface area contributed by atoms with E-state index in [1.165, 1.54) is 0 Å². The molecule has 2 fully saturated rings. The van der Waals surface area contributed by atoms with Gasteiger partial charge in [0.25, 0.3) is 0 Å². The maximum Gasteiger partial charge on any atom is 0.328 e. The lowest BCUT2D eigenvalue weighted by Gasteiger charge is -2.10. The van der Waals surface area contributed by atoms with Crippen LogP contribution in [0.3, 0.4) is 0 Å². The van der Waals surface area contributed by atoms with E-state index >= 15 is 0 Å². The number of esters is 1. The van der Waals surface area contributed by atoms with Gasteiger partial charge in [-0.25, -0.2) is 4.79 Å². The summed E-state index contributed by atoms with van der Waals surface area (Å²) in [6.45, 7) is 3.09. The molecule has 0 spiro atoms. The summed E-state index contributed by atoms with van der Waals surface area (Å²) in [7, 11) is 0. The van der Waals surface area contributed by atoms with E-state index < -0.39 is 6.04 Å². The number of hydrogen-bond acceptors (Lipinski definition) is 4. The van der Waals surface area contributed by atoms with Crippen molar-refractivity contribution < 1.29 is 19.1 Å². The highest BCUT2D eigenvalue weighted by atomic mass is 16.6. The molecule has 0 aliphatic carbocycles. The van der Waals surface area contributed by atoms with Crippen LogP contribution in [-0.2, 0) is 19.1 Å². The molecule has 84 valence electrons. The number of rotatable bonds is 4. The Hall–Kier alpha value is -1.10. The molecule has 1 unspecified atom stereocenters. The molecule has 2 rings (SSSR count). The zero-order chi connectivity index (χ0) is 10.9. The summed E-state index contributed by atoms with van der Waals surface area (Å²) in [5.74, 6) is -0.403. The standard InChI is InChI=1S/C10H15NO4/c1-10(6-15-10)4-5-14-9(13)7-2-3-8(12)11-7/h7H,2-6H2,1H3,(H,11,12)/t7-,10?/m0/s1. The molecule has 2 aliphatic rings. The highest BCUT2D eigenvalue weighted by Crippen LogP contribution is 2.29. The minimum Gasteiger partial charge on any atom is -0.464 e. The molecule has 1 amide bonds. The molecule has 2 saturated heterocycles. The lowest BCUT2D eigenvalue weighted by atomic mass is 10.1. The zero-order valence-electron chi connectivity index (χ0n) is 8.75. The Kier molecular flexibility index (Phi) is 2.65. The summed E-state index contributed by atoms with van der Waals surface area (Å²) < 4.78 is 10.2. The molecule has 0 aromatic carbocycles. The first-order valence-corrected chi connectivity index (χ1v) is 5.19. The van der Waals surface area contributed by atoms with Crippen LogP contribution in [0.1, 0.15) is 26.2 Å². The second kappa shape index (κ2) is 3.81. The summed E-state index contributed by atoms with van der Waals surface area (Å²) in [6, 6.07) is -0.439. The van der Waals surface area contributed by atoms with Crippen molar-refractivity contribution in [3.63, 3.8) is 0 Å². The van der Waals surface area contributed by atoms with E-state index in [1.54, 1.807) is 0 Å². The molecule has 0 aromatic heterocycles. The number of nitrogens with one attached hydrogen (secondary N) is 1. The smallest absolute Gasteiger partial charge is 0.328 e. The van der Waals surface area contributed by atoms with Crippen molar-refractivity contribution in [2.75, 3.05) is 13.2 Å². The molecule has 1 N–H and O–H groups in total. The average Bonchev–Trinajstić information content (AvgIpc) is 2.76. The largest absolute Gasteiger partial charge is 0.464 e. The molecular weight excluding hydrogens is 198 g/mol. The highest BCUT2D eigenvalue weighted by molar-refractivity contribution is 5.87. The van der Waals surface area contributed by atoms with E-state index in [1.807, 2.05) is 6.92 Å². The van der Waals surface area contributed by atoms with Crippen molar-refractivity contribution in [2.24, 2.45) is 0 Å².